The summed E-state index contributed by atoms with van der Waals surface area (Å²) in [6.07, 6.45) is 3.01. The van der Waals surface area contributed by atoms with Gasteiger partial charge >= 0.3 is 0 Å². The van der Waals surface area contributed by atoms with Crippen molar-refractivity contribution in [3.8, 4) is 17.2 Å². The van der Waals surface area contributed by atoms with Crippen LogP contribution in [-0.4, -0.2) is 76.0 Å². The number of anilines is 1. The van der Waals surface area contributed by atoms with Crippen molar-refractivity contribution in [3.05, 3.63) is 52.4 Å². The molecule has 0 N–H and O–H groups in total. The maximum absolute atomic E-state index is 12.2. The van der Waals surface area contributed by atoms with Crippen LogP contribution < -0.4 is 24.7 Å². The average Bonchev–Trinajstić information content (AvgIpc) is 2.75. The zero-order valence-corrected chi connectivity index (χ0v) is 18.1. The molecule has 1 fully saturated rings. The molecule has 0 saturated carbocycles. The average molecular weight is 434 g/mol. The molecule has 8 nitrogen and oxygen atoms in total. The molecule has 2 aliphatic heterocycles. The summed E-state index contributed by atoms with van der Waals surface area (Å²) in [7, 11) is 23.2. The summed E-state index contributed by atoms with van der Waals surface area (Å²) in [6.45, 7) is 3.36. The lowest BCUT2D eigenvalue weighted by Gasteiger charge is -2.48. The number of hydrogen-bond acceptors (Lipinski definition) is 7. The Hall–Kier alpha value is -3.03. The van der Waals surface area contributed by atoms with Crippen LogP contribution in [-0.2, 0) is 0 Å². The third-order valence-electron chi connectivity index (χ3n) is 5.88. The van der Waals surface area contributed by atoms with Gasteiger partial charge in [0.25, 0.3) is 5.56 Å². The molecule has 0 amide bonds. The highest BCUT2D eigenvalue weighted by molar-refractivity contribution is 6.53. The minimum Gasteiger partial charge on any atom is -0.501 e. The van der Waals surface area contributed by atoms with E-state index in [2.05, 4.69) is 15.0 Å². The molecule has 1 saturated heterocycles. The van der Waals surface area contributed by atoms with Crippen LogP contribution in [0.3, 0.4) is 0 Å². The Morgan fingerprint density at radius 1 is 1.03 bits per heavy atom. The van der Waals surface area contributed by atoms with Crippen molar-refractivity contribution in [1.82, 2.24) is 14.6 Å². The quantitative estimate of drug-likeness (QED) is 0.546. The Bertz CT molecular complexity index is 1270. The van der Waals surface area contributed by atoms with Crippen LogP contribution in [0.2, 0.25) is 0 Å². The summed E-state index contributed by atoms with van der Waals surface area (Å²) in [5.74, 6) is 1.96. The Morgan fingerprint density at radius 3 is 2.45 bits per heavy atom. The number of piperidine rings is 1. The first-order valence-electron chi connectivity index (χ1n) is 10.6. The maximum Gasteiger partial charge on any atom is 0.274 e. The van der Waals surface area contributed by atoms with Crippen LogP contribution in [0, 0.1) is 6.92 Å². The topological polar surface area (TPSA) is 78.2 Å². The lowest BCUT2D eigenvalue weighted by molar-refractivity contribution is 0.0609. The zero-order valence-electron chi connectivity index (χ0n) is 18.1. The highest BCUT2D eigenvalue weighted by atomic mass is 16.6. The van der Waals surface area contributed by atoms with Crippen molar-refractivity contribution in [2.75, 3.05) is 18.0 Å². The molecule has 2 aromatic heterocycles. The van der Waals surface area contributed by atoms with Gasteiger partial charge in [0, 0.05) is 55.1 Å². The van der Waals surface area contributed by atoms with Crippen LogP contribution in [0.15, 0.2) is 41.3 Å². The van der Waals surface area contributed by atoms with E-state index >= 15 is 0 Å². The molecular weight excluding hydrogens is 416 g/mol. The highest BCUT2D eigenvalue weighted by Gasteiger charge is 2.43. The second-order valence-electron chi connectivity index (χ2n) is 8.41. The molecule has 0 spiro atoms. The number of rotatable bonds is 3. The molecule has 158 valence electrons. The molecule has 2 aliphatic rings. The molecule has 4 heterocycles. The van der Waals surface area contributed by atoms with E-state index in [4.69, 9.17) is 45.6 Å². The van der Waals surface area contributed by atoms with Crippen LogP contribution in [0.25, 0.3) is 5.65 Å². The molecule has 0 atom stereocenters. The Labute approximate surface area is 196 Å². The highest BCUT2D eigenvalue weighted by Crippen LogP contribution is 2.41. The minimum atomic E-state index is -1.90. The second kappa shape index (κ2) is 7.78. The van der Waals surface area contributed by atoms with Gasteiger partial charge in [-0.3, -0.25) is 4.79 Å². The lowest BCUT2D eigenvalue weighted by Crippen LogP contribution is -2.65. The van der Waals surface area contributed by atoms with Gasteiger partial charge in [-0.05, 0) is 30.7 Å². The smallest absolute Gasteiger partial charge is 0.274 e. The summed E-state index contributed by atoms with van der Waals surface area (Å²) in [5, 5.41) is 0.728. The van der Waals surface area contributed by atoms with E-state index in [1.165, 1.54) is 16.8 Å². The fourth-order valence-electron chi connectivity index (χ4n) is 3.96. The monoisotopic (exact) mass is 434 g/mol. The molecule has 0 unspecified atom stereocenters. The van der Waals surface area contributed by atoms with E-state index in [0.29, 0.717) is 22.9 Å². The molecule has 1 aromatic carbocycles. The predicted molar refractivity (Wildman–Crippen MR) is 126 cm³/mol. The number of ether oxygens (including phenoxy) is 3. The van der Waals surface area contributed by atoms with Gasteiger partial charge in [-0.1, -0.05) is 0 Å². The summed E-state index contributed by atoms with van der Waals surface area (Å²) < 4.78 is 18.5. The van der Waals surface area contributed by atoms with Crippen molar-refractivity contribution in [3.63, 3.8) is 0 Å². The van der Waals surface area contributed by atoms with Gasteiger partial charge in [-0.2, -0.15) is 4.52 Å². The fourth-order valence-corrected chi connectivity index (χ4v) is 3.96. The fraction of sp³-hybridized carbons (Fsp3) is 0.381. The third-order valence-corrected chi connectivity index (χ3v) is 5.88. The van der Waals surface area contributed by atoms with Crippen molar-refractivity contribution in [2.45, 2.75) is 36.7 Å². The lowest BCUT2D eigenvalue weighted by atomic mass is 9.41. The Kier molecular flexibility index (Phi) is 5.14. The number of nitrogens with zero attached hydrogens (tertiary/aromatic N) is 4. The standard InChI is InChI=1S/C21H18B4N4O4/c1-12-10-17(27-29-18(30)4-7-26-19(12)29)28-8-5-13(6-9-28)31-14-2-3-15-16(11-14)33-21(24,25)20(22,23)32-15/h2-4,7,10-11,13H,5-6,8-9H2,1H3. The normalized spacial score (nSPS) is 19.4. The first-order chi connectivity index (χ1) is 15.6. The SMILES string of the molecule is [B]C1([B])Oc2ccc(OC3CCN(c4cc(C)c5nccc(=O)n5n4)CC3)cc2OC1([B])[B]. The summed E-state index contributed by atoms with van der Waals surface area (Å²) >= 11 is 0. The third kappa shape index (κ3) is 3.96. The van der Waals surface area contributed by atoms with E-state index in [-0.39, 0.29) is 11.7 Å². The minimum absolute atomic E-state index is 0.0154. The first kappa shape index (κ1) is 21.8. The molecule has 3 aromatic rings. The summed E-state index contributed by atoms with van der Waals surface area (Å²) in [5.41, 5.74) is 1.24. The summed E-state index contributed by atoms with van der Waals surface area (Å²) in [6, 6.07) is 8.40. The van der Waals surface area contributed by atoms with Crippen LogP contribution in [0.5, 0.6) is 17.2 Å². The molecule has 0 aliphatic carbocycles. The summed E-state index contributed by atoms with van der Waals surface area (Å²) in [4.78, 5) is 18.6. The number of benzene rings is 1. The molecule has 12 heteroatoms. The molecule has 0 bridgehead atoms. The van der Waals surface area contributed by atoms with Gasteiger partial charge in [0.05, 0.1) is 0 Å². The van der Waals surface area contributed by atoms with Crippen molar-refractivity contribution in [2.24, 2.45) is 0 Å². The van der Waals surface area contributed by atoms with Crippen LogP contribution in [0.4, 0.5) is 5.82 Å². The Balaban J connectivity index is 1.27. The van der Waals surface area contributed by atoms with Gasteiger partial charge in [-0.15, -0.1) is 5.10 Å². The van der Waals surface area contributed by atoms with Crippen molar-refractivity contribution < 1.29 is 14.2 Å². The van der Waals surface area contributed by atoms with Gasteiger partial charge in [0.1, 0.15) is 49.1 Å². The van der Waals surface area contributed by atoms with Gasteiger partial charge in [0.2, 0.25) is 0 Å². The van der Waals surface area contributed by atoms with Crippen LogP contribution in [0.1, 0.15) is 18.4 Å². The van der Waals surface area contributed by atoms with Gasteiger partial charge in [-0.25, -0.2) is 4.98 Å². The Morgan fingerprint density at radius 2 is 1.73 bits per heavy atom. The second-order valence-corrected chi connectivity index (χ2v) is 8.41. The largest absolute Gasteiger partial charge is 0.501 e. The van der Waals surface area contributed by atoms with E-state index in [1.807, 2.05) is 13.0 Å². The first-order valence-corrected chi connectivity index (χ1v) is 10.6. The van der Waals surface area contributed by atoms with Gasteiger partial charge in [0.15, 0.2) is 17.1 Å². The van der Waals surface area contributed by atoms with Crippen molar-refractivity contribution >= 4 is 42.9 Å². The van der Waals surface area contributed by atoms with Crippen molar-refractivity contribution in [1.29, 1.82) is 0 Å². The maximum atomic E-state index is 12.2. The molecule has 5 rings (SSSR count). The molecular formula is C21H18B4N4O4. The van der Waals surface area contributed by atoms with Gasteiger partial charge < -0.3 is 19.1 Å². The van der Waals surface area contributed by atoms with E-state index in [1.54, 1.807) is 18.2 Å². The number of aromatic nitrogens is 3. The number of aryl methyl sites for hydroxylation is 1. The van der Waals surface area contributed by atoms with E-state index in [9.17, 15) is 4.79 Å². The van der Waals surface area contributed by atoms with E-state index in [0.717, 1.165) is 37.3 Å². The predicted octanol–water partition coefficient (Wildman–Crippen LogP) is 0.199. The zero-order chi connectivity index (χ0) is 23.4. The van der Waals surface area contributed by atoms with E-state index < -0.39 is 10.8 Å². The number of fused-ring (bicyclic) bond motifs is 2. The molecule has 33 heavy (non-hydrogen) atoms. The molecule has 8 radical (unpaired) electrons. The van der Waals surface area contributed by atoms with Crippen LogP contribution >= 0.6 is 0 Å². The number of hydrogen-bond donors (Lipinski definition) is 0.